The first kappa shape index (κ1) is 17.4. The zero-order valence-electron chi connectivity index (χ0n) is 15.3. The molecule has 0 N–H and O–H groups in total. The van der Waals surface area contributed by atoms with Crippen molar-refractivity contribution in [3.63, 3.8) is 0 Å². The SMILES string of the molecule is COc1ccc(-c2nc(-c3ccc(N4CCOCC4)cc3)no2)c(OC)c1. The fourth-order valence-corrected chi connectivity index (χ4v) is 3.07. The van der Waals surface area contributed by atoms with Crippen LogP contribution >= 0.6 is 0 Å². The van der Waals surface area contributed by atoms with Gasteiger partial charge in [-0.2, -0.15) is 4.98 Å². The highest BCUT2D eigenvalue weighted by molar-refractivity contribution is 5.67. The van der Waals surface area contributed by atoms with Crippen molar-refractivity contribution in [3.8, 4) is 34.3 Å². The van der Waals surface area contributed by atoms with Crippen molar-refractivity contribution in [2.75, 3.05) is 45.4 Å². The number of ether oxygens (including phenoxy) is 3. The van der Waals surface area contributed by atoms with Gasteiger partial charge >= 0.3 is 0 Å². The van der Waals surface area contributed by atoms with Crippen LogP contribution in [0.5, 0.6) is 11.5 Å². The number of hydrogen-bond acceptors (Lipinski definition) is 7. The summed E-state index contributed by atoms with van der Waals surface area (Å²) in [5.41, 5.74) is 2.79. The van der Waals surface area contributed by atoms with Crippen LogP contribution in [0.15, 0.2) is 47.0 Å². The quantitative estimate of drug-likeness (QED) is 0.685. The average Bonchev–Trinajstić information content (AvgIpc) is 3.24. The topological polar surface area (TPSA) is 69.9 Å². The Morgan fingerprint density at radius 2 is 1.74 bits per heavy atom. The second-order valence-electron chi connectivity index (χ2n) is 6.14. The van der Waals surface area contributed by atoms with E-state index >= 15 is 0 Å². The zero-order chi connectivity index (χ0) is 18.6. The standard InChI is InChI=1S/C20H21N3O4/c1-24-16-7-8-17(18(13-16)25-2)20-21-19(22-27-20)14-3-5-15(6-4-14)23-9-11-26-12-10-23/h3-8,13H,9-12H2,1-2H3. The molecule has 2 aromatic carbocycles. The van der Waals surface area contributed by atoms with Crippen molar-refractivity contribution < 1.29 is 18.7 Å². The highest BCUT2D eigenvalue weighted by atomic mass is 16.5. The molecule has 7 nitrogen and oxygen atoms in total. The van der Waals surface area contributed by atoms with Gasteiger partial charge in [0.05, 0.1) is 33.0 Å². The first-order valence-corrected chi connectivity index (χ1v) is 8.78. The molecule has 0 aliphatic carbocycles. The maximum atomic E-state index is 5.46. The maximum absolute atomic E-state index is 5.46. The van der Waals surface area contributed by atoms with Gasteiger partial charge in [-0.1, -0.05) is 5.16 Å². The van der Waals surface area contributed by atoms with Crippen molar-refractivity contribution in [3.05, 3.63) is 42.5 Å². The molecule has 1 fully saturated rings. The number of anilines is 1. The smallest absolute Gasteiger partial charge is 0.262 e. The molecule has 1 aliphatic rings. The Morgan fingerprint density at radius 1 is 0.963 bits per heavy atom. The van der Waals surface area contributed by atoms with E-state index in [4.69, 9.17) is 18.7 Å². The van der Waals surface area contributed by atoms with E-state index in [1.165, 1.54) is 5.69 Å². The third-order valence-corrected chi connectivity index (χ3v) is 4.57. The van der Waals surface area contributed by atoms with Gasteiger partial charge in [0.2, 0.25) is 5.82 Å². The minimum atomic E-state index is 0.404. The summed E-state index contributed by atoms with van der Waals surface area (Å²) in [5.74, 6) is 2.26. The third kappa shape index (κ3) is 3.59. The zero-order valence-corrected chi connectivity index (χ0v) is 15.3. The van der Waals surface area contributed by atoms with E-state index in [9.17, 15) is 0 Å². The first-order valence-electron chi connectivity index (χ1n) is 8.78. The molecule has 0 radical (unpaired) electrons. The van der Waals surface area contributed by atoms with Crippen LogP contribution in [0, 0.1) is 0 Å². The number of nitrogens with zero attached hydrogens (tertiary/aromatic N) is 3. The molecule has 140 valence electrons. The Kier molecular flexibility index (Phi) is 4.93. The number of benzene rings is 2. The van der Waals surface area contributed by atoms with E-state index in [0.29, 0.717) is 23.2 Å². The molecule has 0 saturated carbocycles. The molecule has 1 saturated heterocycles. The minimum Gasteiger partial charge on any atom is -0.497 e. The van der Waals surface area contributed by atoms with Gasteiger partial charge < -0.3 is 23.6 Å². The fourth-order valence-electron chi connectivity index (χ4n) is 3.07. The van der Waals surface area contributed by atoms with E-state index in [1.807, 2.05) is 24.3 Å². The van der Waals surface area contributed by atoms with Crippen molar-refractivity contribution in [1.29, 1.82) is 0 Å². The molecule has 0 amide bonds. The predicted molar refractivity (Wildman–Crippen MR) is 101 cm³/mol. The van der Waals surface area contributed by atoms with Gasteiger partial charge in [-0.15, -0.1) is 0 Å². The Hall–Kier alpha value is -3.06. The van der Waals surface area contributed by atoms with Crippen LogP contribution in [-0.4, -0.2) is 50.7 Å². The Morgan fingerprint density at radius 3 is 2.44 bits per heavy atom. The van der Waals surface area contributed by atoms with Crippen molar-refractivity contribution >= 4 is 5.69 Å². The van der Waals surface area contributed by atoms with Crippen LogP contribution in [-0.2, 0) is 4.74 Å². The summed E-state index contributed by atoms with van der Waals surface area (Å²) < 4.78 is 21.5. The van der Waals surface area contributed by atoms with Crippen LogP contribution in [0.2, 0.25) is 0 Å². The van der Waals surface area contributed by atoms with Gasteiger partial charge in [-0.05, 0) is 36.4 Å². The summed E-state index contributed by atoms with van der Waals surface area (Å²) in [4.78, 5) is 6.83. The van der Waals surface area contributed by atoms with Gasteiger partial charge in [0, 0.05) is 30.4 Å². The molecule has 1 aliphatic heterocycles. The molecular formula is C20H21N3O4. The fraction of sp³-hybridized carbons (Fsp3) is 0.300. The largest absolute Gasteiger partial charge is 0.497 e. The van der Waals surface area contributed by atoms with Crippen LogP contribution in [0.25, 0.3) is 22.8 Å². The molecule has 0 bridgehead atoms. The highest BCUT2D eigenvalue weighted by Gasteiger charge is 2.16. The molecule has 7 heteroatoms. The van der Waals surface area contributed by atoms with Crippen molar-refractivity contribution in [2.24, 2.45) is 0 Å². The lowest BCUT2D eigenvalue weighted by Gasteiger charge is -2.28. The van der Waals surface area contributed by atoms with Gasteiger partial charge in [-0.3, -0.25) is 0 Å². The summed E-state index contributed by atoms with van der Waals surface area (Å²) >= 11 is 0. The molecule has 4 rings (SSSR count). The average molecular weight is 367 g/mol. The third-order valence-electron chi connectivity index (χ3n) is 4.57. The van der Waals surface area contributed by atoms with E-state index in [2.05, 4.69) is 27.2 Å². The highest BCUT2D eigenvalue weighted by Crippen LogP contribution is 2.33. The van der Waals surface area contributed by atoms with Gasteiger partial charge in [-0.25, -0.2) is 0 Å². The molecule has 27 heavy (non-hydrogen) atoms. The Balaban J connectivity index is 1.57. The van der Waals surface area contributed by atoms with Crippen LogP contribution in [0.1, 0.15) is 0 Å². The lowest BCUT2D eigenvalue weighted by atomic mass is 10.1. The van der Waals surface area contributed by atoms with E-state index < -0.39 is 0 Å². The lowest BCUT2D eigenvalue weighted by molar-refractivity contribution is 0.122. The lowest BCUT2D eigenvalue weighted by Crippen LogP contribution is -2.36. The van der Waals surface area contributed by atoms with Crippen molar-refractivity contribution in [2.45, 2.75) is 0 Å². The molecule has 0 unspecified atom stereocenters. The number of morpholine rings is 1. The van der Waals surface area contributed by atoms with Gasteiger partial charge in [0.15, 0.2) is 0 Å². The molecule has 0 atom stereocenters. The Labute approximate surface area is 157 Å². The number of methoxy groups -OCH3 is 2. The summed E-state index contributed by atoms with van der Waals surface area (Å²) in [6.07, 6.45) is 0. The molecule has 1 aromatic heterocycles. The second-order valence-corrected chi connectivity index (χ2v) is 6.14. The molecule has 0 spiro atoms. The second kappa shape index (κ2) is 7.67. The molecular weight excluding hydrogens is 346 g/mol. The van der Waals surface area contributed by atoms with Gasteiger partial charge in [0.25, 0.3) is 5.89 Å². The Bertz CT molecular complexity index is 902. The predicted octanol–water partition coefficient (Wildman–Crippen LogP) is 3.26. The normalized spacial score (nSPS) is 14.2. The van der Waals surface area contributed by atoms with E-state index in [1.54, 1.807) is 20.3 Å². The van der Waals surface area contributed by atoms with E-state index in [-0.39, 0.29) is 0 Å². The summed E-state index contributed by atoms with van der Waals surface area (Å²) in [6.45, 7) is 3.34. The summed E-state index contributed by atoms with van der Waals surface area (Å²) in [5, 5.41) is 4.12. The summed E-state index contributed by atoms with van der Waals surface area (Å²) in [7, 11) is 3.21. The minimum absolute atomic E-state index is 0.404. The molecule has 2 heterocycles. The number of hydrogen-bond donors (Lipinski definition) is 0. The molecule has 3 aromatic rings. The van der Waals surface area contributed by atoms with Crippen LogP contribution < -0.4 is 14.4 Å². The summed E-state index contributed by atoms with van der Waals surface area (Å²) in [6, 6.07) is 13.6. The monoisotopic (exact) mass is 367 g/mol. The number of rotatable bonds is 5. The van der Waals surface area contributed by atoms with E-state index in [0.717, 1.165) is 37.4 Å². The maximum Gasteiger partial charge on any atom is 0.262 e. The van der Waals surface area contributed by atoms with Crippen LogP contribution in [0.3, 0.4) is 0 Å². The number of aromatic nitrogens is 2. The first-order chi connectivity index (χ1) is 13.3. The van der Waals surface area contributed by atoms with Crippen LogP contribution in [0.4, 0.5) is 5.69 Å². The van der Waals surface area contributed by atoms with Gasteiger partial charge in [0.1, 0.15) is 11.5 Å². The van der Waals surface area contributed by atoms with Crippen molar-refractivity contribution in [1.82, 2.24) is 10.1 Å².